The Hall–Kier alpha value is -0.810. The average Bonchev–Trinajstić information content (AvgIpc) is 3.23. The molecule has 4 nitrogen and oxygen atoms in total. The number of hydrogen-bond acceptors (Lipinski definition) is 3. The van der Waals surface area contributed by atoms with Gasteiger partial charge in [0.2, 0.25) is 5.91 Å². The normalized spacial score (nSPS) is 14.2. The van der Waals surface area contributed by atoms with Gasteiger partial charge in [0.1, 0.15) is 0 Å². The van der Waals surface area contributed by atoms with Crippen molar-refractivity contribution in [2.45, 2.75) is 44.9 Å². The van der Waals surface area contributed by atoms with E-state index in [1.54, 1.807) is 0 Å². The maximum atomic E-state index is 12.1. The Bertz CT molecular complexity index is 584. The third kappa shape index (κ3) is 8.41. The Morgan fingerprint density at radius 1 is 1.08 bits per heavy atom. The van der Waals surface area contributed by atoms with Gasteiger partial charge in [-0.05, 0) is 43.2 Å². The van der Waals surface area contributed by atoms with Crippen LogP contribution in [0.3, 0.4) is 0 Å². The van der Waals surface area contributed by atoms with Gasteiger partial charge in [-0.3, -0.25) is 9.59 Å². The fourth-order valence-electron chi connectivity index (χ4n) is 2.78. The summed E-state index contributed by atoms with van der Waals surface area (Å²) in [7, 11) is 0. The van der Waals surface area contributed by atoms with E-state index in [-0.39, 0.29) is 49.3 Å². The van der Waals surface area contributed by atoms with Crippen molar-refractivity contribution >= 4 is 34.6 Å². The molecule has 1 amide bonds. The summed E-state index contributed by atoms with van der Waals surface area (Å²) in [6.45, 7) is 2.00. The summed E-state index contributed by atoms with van der Waals surface area (Å²) >= 11 is 0. The predicted molar refractivity (Wildman–Crippen MR) is 102 cm³/mol. The molecule has 1 aromatic rings. The van der Waals surface area contributed by atoms with Crippen molar-refractivity contribution in [3.8, 4) is 0 Å². The molecule has 0 saturated carbocycles. The van der Waals surface area contributed by atoms with E-state index in [4.69, 9.17) is 10.5 Å². The summed E-state index contributed by atoms with van der Waals surface area (Å²) < 4.78 is 4.94. The zero-order valence-electron chi connectivity index (χ0n) is 15.6. The first-order chi connectivity index (χ1) is 11.2. The van der Waals surface area contributed by atoms with Crippen LogP contribution in [0.25, 0.3) is 5.57 Å². The summed E-state index contributed by atoms with van der Waals surface area (Å²) in [5, 5.41) is 0. The second kappa shape index (κ2) is 13.4. The molecule has 0 spiro atoms. The standard InChI is InChI=1S/C15H17NO2.C4H8O.Al.Li.4H/c16-15(18)8-4-3-7-14(17)13-10-9-11-5-1-2-6-12(11)13;1-2-4-5-3-1;;;;;;/h1-2,5-6,10H,3-4,7-9H2,(H2,16,18);1-4H2;;;;;;/q;;;+1;;;;-1. The zero-order valence-corrected chi connectivity index (χ0v) is 14.6. The molecule has 0 unspecified atom stereocenters. The van der Waals surface area contributed by atoms with E-state index >= 15 is 0 Å². The molecular weight excluding hydrogens is 324 g/mol. The molecule has 1 aromatic carbocycles. The van der Waals surface area contributed by atoms with Crippen LogP contribution >= 0.6 is 0 Å². The minimum absolute atomic E-state index is 0. The monoisotopic (exact) mass is 353 g/mol. The van der Waals surface area contributed by atoms with Gasteiger partial charge in [0.15, 0.2) is 23.1 Å². The molecule has 25 heavy (non-hydrogen) atoms. The van der Waals surface area contributed by atoms with E-state index in [1.165, 1.54) is 18.4 Å². The number of Topliss-reactive ketones (excluding diaryl/α,β-unsaturated/α-hetero) is 1. The molecule has 2 aliphatic rings. The van der Waals surface area contributed by atoms with Gasteiger partial charge in [0, 0.05) is 31.6 Å². The van der Waals surface area contributed by atoms with E-state index in [9.17, 15) is 9.59 Å². The van der Waals surface area contributed by atoms with Crippen LogP contribution in [-0.4, -0.2) is 42.3 Å². The number of hydrogen-bond donors (Lipinski definition) is 1. The third-order valence-electron chi connectivity index (χ3n) is 4.04. The van der Waals surface area contributed by atoms with Gasteiger partial charge in [-0.15, -0.1) is 0 Å². The van der Waals surface area contributed by atoms with Gasteiger partial charge >= 0.3 is 18.9 Å². The fourth-order valence-corrected chi connectivity index (χ4v) is 2.78. The number of ketones is 1. The molecule has 1 aliphatic heterocycles. The molecule has 6 heteroatoms. The molecular formula is C19H29AlLiNO3. The second-order valence-corrected chi connectivity index (χ2v) is 5.90. The van der Waals surface area contributed by atoms with Gasteiger partial charge in [0.25, 0.3) is 0 Å². The zero-order chi connectivity index (χ0) is 16.5. The summed E-state index contributed by atoms with van der Waals surface area (Å²) in [6, 6.07) is 8.00. The maximum absolute atomic E-state index is 12.1. The molecule has 0 bridgehead atoms. The first-order valence-corrected chi connectivity index (χ1v) is 8.36. The number of nitrogens with two attached hydrogens (primary N) is 1. The molecule has 3 rings (SSSR count). The van der Waals surface area contributed by atoms with E-state index in [0.717, 1.165) is 37.2 Å². The number of ether oxygens (including phenoxy) is 1. The van der Waals surface area contributed by atoms with Crippen LogP contribution in [0.5, 0.6) is 0 Å². The number of primary amides is 1. The summed E-state index contributed by atoms with van der Waals surface area (Å²) in [4.78, 5) is 22.7. The van der Waals surface area contributed by atoms with Crippen LogP contribution in [0.2, 0.25) is 0 Å². The van der Waals surface area contributed by atoms with Crippen molar-refractivity contribution in [1.82, 2.24) is 0 Å². The Morgan fingerprint density at radius 3 is 2.32 bits per heavy atom. The Labute approximate surface area is 174 Å². The van der Waals surface area contributed by atoms with Gasteiger partial charge < -0.3 is 11.9 Å². The summed E-state index contributed by atoms with van der Waals surface area (Å²) in [5.41, 5.74) is 8.18. The number of unbranched alkanes of at least 4 members (excludes halogenated alkanes) is 1. The van der Waals surface area contributed by atoms with Gasteiger partial charge in [-0.1, -0.05) is 30.3 Å². The first kappa shape index (κ1) is 24.2. The van der Waals surface area contributed by atoms with Gasteiger partial charge in [-0.25, -0.2) is 0 Å². The van der Waals surface area contributed by atoms with Crippen LogP contribution < -0.4 is 24.6 Å². The molecule has 132 valence electrons. The number of amides is 1. The van der Waals surface area contributed by atoms with E-state index in [1.807, 2.05) is 24.3 Å². The number of fused-ring (bicyclic) bond motifs is 1. The minimum atomic E-state index is -0.298. The number of carbonyl (C=O) groups is 2. The quantitative estimate of drug-likeness (QED) is 0.525. The second-order valence-electron chi connectivity index (χ2n) is 5.90. The van der Waals surface area contributed by atoms with Crippen LogP contribution in [0, 0.1) is 0 Å². The van der Waals surface area contributed by atoms with Crippen molar-refractivity contribution < 1.29 is 34.6 Å². The predicted octanol–water partition coefficient (Wildman–Crippen LogP) is -1.03. The molecule has 1 fully saturated rings. The van der Waals surface area contributed by atoms with Crippen LogP contribution in [0.1, 0.15) is 51.1 Å². The van der Waals surface area contributed by atoms with E-state index in [0.29, 0.717) is 19.3 Å². The van der Waals surface area contributed by atoms with Crippen molar-refractivity contribution in [1.29, 1.82) is 0 Å². The summed E-state index contributed by atoms with van der Waals surface area (Å²) in [5.74, 6) is -0.128. The number of allylic oxidation sites excluding steroid dienone is 2. The first-order valence-electron chi connectivity index (χ1n) is 8.36. The van der Waals surface area contributed by atoms with Gasteiger partial charge in [0.05, 0.1) is 0 Å². The average molecular weight is 353 g/mol. The Balaban J connectivity index is 0. The fraction of sp³-hybridized carbons (Fsp3) is 0.474. The summed E-state index contributed by atoms with van der Waals surface area (Å²) in [6.07, 6.45) is 7.67. The van der Waals surface area contributed by atoms with E-state index < -0.39 is 0 Å². The Kier molecular flexibility index (Phi) is 13.0. The third-order valence-corrected chi connectivity index (χ3v) is 4.04. The van der Waals surface area contributed by atoms with Crippen molar-refractivity contribution in [3.05, 3.63) is 41.5 Å². The molecule has 0 atom stereocenters. The minimum Gasteiger partial charge on any atom is -1.00 e. The largest absolute Gasteiger partial charge is 1.00 e. The smallest absolute Gasteiger partial charge is 1.00 e. The Morgan fingerprint density at radius 2 is 1.72 bits per heavy atom. The topological polar surface area (TPSA) is 69.4 Å². The maximum Gasteiger partial charge on any atom is 1.00 e. The molecule has 2 N–H and O–H groups in total. The number of rotatable bonds is 6. The van der Waals surface area contributed by atoms with Crippen LogP contribution in [0.15, 0.2) is 30.3 Å². The molecule has 1 heterocycles. The molecule has 1 saturated heterocycles. The van der Waals surface area contributed by atoms with Crippen molar-refractivity contribution in [2.24, 2.45) is 5.73 Å². The number of benzene rings is 1. The van der Waals surface area contributed by atoms with Gasteiger partial charge in [-0.2, -0.15) is 0 Å². The van der Waals surface area contributed by atoms with Crippen molar-refractivity contribution in [2.75, 3.05) is 13.2 Å². The molecule has 0 radical (unpaired) electrons. The SMILES string of the molecule is C1CCOC1.NC(=O)CCCCC(=O)C1=CCc2ccccc21.[AlH3].[H-].[Li+]. The van der Waals surface area contributed by atoms with Crippen molar-refractivity contribution in [3.63, 3.8) is 0 Å². The van der Waals surface area contributed by atoms with E-state index in [2.05, 4.69) is 6.07 Å². The molecule has 1 aliphatic carbocycles. The molecule has 0 aromatic heterocycles. The van der Waals surface area contributed by atoms with Crippen LogP contribution in [-0.2, 0) is 20.7 Å². The van der Waals surface area contributed by atoms with Crippen LogP contribution in [0.4, 0.5) is 0 Å². The number of carbonyl (C=O) groups excluding carboxylic acids is 2.